The third-order valence-corrected chi connectivity index (χ3v) is 2.90. The summed E-state index contributed by atoms with van der Waals surface area (Å²) in [4.78, 5) is 13.2. The Morgan fingerprint density at radius 2 is 2.00 bits per heavy atom. The van der Waals surface area contributed by atoms with Gasteiger partial charge in [0.2, 0.25) is 0 Å². The zero-order valence-corrected chi connectivity index (χ0v) is 10.8. The van der Waals surface area contributed by atoms with Crippen LogP contribution in [0, 0.1) is 11.6 Å². The van der Waals surface area contributed by atoms with Crippen molar-refractivity contribution < 1.29 is 18.7 Å². The zero-order valence-electron chi connectivity index (χ0n) is 10.8. The van der Waals surface area contributed by atoms with E-state index in [0.717, 1.165) is 12.1 Å². The summed E-state index contributed by atoms with van der Waals surface area (Å²) in [7, 11) is 0. The summed E-state index contributed by atoms with van der Waals surface area (Å²) in [6.07, 6.45) is -0.508. The SMILES string of the molecule is CC(C)NC(=O)c1cc(F)c(N2CC(O)C2)cc1F. The summed E-state index contributed by atoms with van der Waals surface area (Å²) >= 11 is 0. The molecule has 0 aliphatic carbocycles. The topological polar surface area (TPSA) is 52.6 Å². The molecule has 0 aromatic heterocycles. The third kappa shape index (κ3) is 2.84. The van der Waals surface area contributed by atoms with Crippen LogP contribution in [-0.2, 0) is 0 Å². The molecule has 4 nitrogen and oxygen atoms in total. The van der Waals surface area contributed by atoms with Crippen molar-refractivity contribution in [2.75, 3.05) is 18.0 Å². The van der Waals surface area contributed by atoms with Gasteiger partial charge in [-0.1, -0.05) is 0 Å². The minimum absolute atomic E-state index is 0.0731. The molecule has 0 spiro atoms. The quantitative estimate of drug-likeness (QED) is 0.870. The first-order valence-corrected chi connectivity index (χ1v) is 6.11. The fourth-order valence-corrected chi connectivity index (χ4v) is 1.94. The molecular formula is C13H16F2N2O2. The van der Waals surface area contributed by atoms with Crippen LogP contribution in [0.1, 0.15) is 24.2 Å². The van der Waals surface area contributed by atoms with E-state index in [0.29, 0.717) is 0 Å². The molecule has 2 rings (SSSR count). The van der Waals surface area contributed by atoms with Gasteiger partial charge in [-0.2, -0.15) is 0 Å². The van der Waals surface area contributed by atoms with Gasteiger partial charge < -0.3 is 15.3 Å². The van der Waals surface area contributed by atoms with Crippen LogP contribution in [0.15, 0.2) is 12.1 Å². The molecule has 0 unspecified atom stereocenters. The number of aliphatic hydroxyl groups is 1. The Hall–Kier alpha value is -1.69. The summed E-state index contributed by atoms with van der Waals surface area (Å²) in [5.41, 5.74) is -0.236. The van der Waals surface area contributed by atoms with Gasteiger partial charge in [0.15, 0.2) is 0 Å². The maximum atomic E-state index is 13.9. The van der Waals surface area contributed by atoms with E-state index in [1.165, 1.54) is 4.90 Å². The molecule has 1 fully saturated rings. The second-order valence-electron chi connectivity index (χ2n) is 4.97. The van der Waals surface area contributed by atoms with Crippen LogP contribution >= 0.6 is 0 Å². The predicted octanol–water partition coefficient (Wildman–Crippen LogP) is 1.28. The smallest absolute Gasteiger partial charge is 0.254 e. The molecular weight excluding hydrogens is 254 g/mol. The molecule has 1 aromatic rings. The maximum Gasteiger partial charge on any atom is 0.254 e. The number of carbonyl (C=O) groups excluding carboxylic acids is 1. The van der Waals surface area contributed by atoms with Gasteiger partial charge >= 0.3 is 0 Å². The summed E-state index contributed by atoms with van der Waals surface area (Å²) in [5, 5.41) is 11.7. The number of rotatable bonds is 3. The number of amides is 1. The second kappa shape index (κ2) is 5.13. The molecule has 0 bridgehead atoms. The summed E-state index contributed by atoms with van der Waals surface area (Å²) in [5.74, 6) is -2.07. The molecule has 104 valence electrons. The lowest BCUT2D eigenvalue weighted by atomic mass is 10.1. The molecule has 2 N–H and O–H groups in total. The molecule has 1 heterocycles. The monoisotopic (exact) mass is 270 g/mol. The maximum absolute atomic E-state index is 13.9. The van der Waals surface area contributed by atoms with Gasteiger partial charge in [0.05, 0.1) is 17.4 Å². The van der Waals surface area contributed by atoms with Crippen molar-refractivity contribution in [2.24, 2.45) is 0 Å². The van der Waals surface area contributed by atoms with Crippen LogP contribution in [0.25, 0.3) is 0 Å². The van der Waals surface area contributed by atoms with Crippen molar-refractivity contribution in [3.63, 3.8) is 0 Å². The number of hydrogen-bond donors (Lipinski definition) is 2. The summed E-state index contributed by atoms with van der Waals surface area (Å²) < 4.78 is 27.7. The highest BCUT2D eigenvalue weighted by atomic mass is 19.1. The first-order valence-electron chi connectivity index (χ1n) is 6.11. The van der Waals surface area contributed by atoms with E-state index in [1.807, 2.05) is 0 Å². The van der Waals surface area contributed by atoms with Crippen LogP contribution in [0.3, 0.4) is 0 Å². The van der Waals surface area contributed by atoms with Crippen LogP contribution in [0.2, 0.25) is 0 Å². The summed E-state index contributed by atoms with van der Waals surface area (Å²) in [6.45, 7) is 4.02. The molecule has 0 atom stereocenters. The van der Waals surface area contributed by atoms with Crippen LogP contribution in [0.5, 0.6) is 0 Å². The number of benzene rings is 1. The Balaban J connectivity index is 2.24. The third-order valence-electron chi connectivity index (χ3n) is 2.90. The molecule has 1 amide bonds. The highest BCUT2D eigenvalue weighted by Gasteiger charge is 2.28. The van der Waals surface area contributed by atoms with E-state index in [1.54, 1.807) is 13.8 Å². The largest absolute Gasteiger partial charge is 0.389 e. The van der Waals surface area contributed by atoms with E-state index in [4.69, 9.17) is 5.11 Å². The predicted molar refractivity (Wildman–Crippen MR) is 67.2 cm³/mol. The molecule has 1 saturated heterocycles. The number of hydrogen-bond acceptors (Lipinski definition) is 3. The minimum atomic E-state index is -0.768. The fourth-order valence-electron chi connectivity index (χ4n) is 1.94. The van der Waals surface area contributed by atoms with Gasteiger partial charge in [-0.05, 0) is 19.9 Å². The Morgan fingerprint density at radius 1 is 1.37 bits per heavy atom. The Bertz CT molecular complexity index is 500. The van der Waals surface area contributed by atoms with Gasteiger partial charge in [0.1, 0.15) is 11.6 Å². The van der Waals surface area contributed by atoms with Gasteiger partial charge in [0, 0.05) is 25.2 Å². The molecule has 6 heteroatoms. The lowest BCUT2D eigenvalue weighted by molar-refractivity contribution is 0.0938. The van der Waals surface area contributed by atoms with Gasteiger partial charge in [-0.25, -0.2) is 8.78 Å². The van der Waals surface area contributed by atoms with E-state index in [-0.39, 0.29) is 30.4 Å². The Morgan fingerprint density at radius 3 is 2.53 bits per heavy atom. The average molecular weight is 270 g/mol. The normalized spacial score (nSPS) is 15.6. The molecule has 0 radical (unpaired) electrons. The standard InChI is InChI=1S/C13H16F2N2O2/c1-7(2)16-13(19)9-3-11(15)12(4-10(9)14)17-5-8(18)6-17/h3-4,7-8,18H,5-6H2,1-2H3,(H,16,19). The fraction of sp³-hybridized carbons (Fsp3) is 0.462. The lowest BCUT2D eigenvalue weighted by Crippen LogP contribution is -2.51. The zero-order chi connectivity index (χ0) is 14.2. The van der Waals surface area contributed by atoms with Crippen molar-refractivity contribution in [1.82, 2.24) is 5.32 Å². The number of β-amino-alcohol motifs (C(OH)–C–C–N with tert-alkyl or cyclic N) is 1. The molecule has 1 aliphatic heterocycles. The van der Waals surface area contributed by atoms with Gasteiger partial charge in [-0.3, -0.25) is 4.79 Å². The molecule has 1 aliphatic rings. The average Bonchev–Trinajstić information content (AvgIpc) is 2.26. The Kier molecular flexibility index (Phi) is 3.71. The number of aliphatic hydroxyl groups excluding tert-OH is 1. The van der Waals surface area contributed by atoms with Crippen LogP contribution in [-0.4, -0.2) is 36.2 Å². The second-order valence-corrected chi connectivity index (χ2v) is 4.97. The van der Waals surface area contributed by atoms with Crippen molar-refractivity contribution in [1.29, 1.82) is 0 Å². The van der Waals surface area contributed by atoms with E-state index < -0.39 is 23.6 Å². The number of anilines is 1. The summed E-state index contributed by atoms with van der Waals surface area (Å²) in [6, 6.07) is 1.74. The lowest BCUT2D eigenvalue weighted by Gasteiger charge is -2.38. The van der Waals surface area contributed by atoms with Crippen molar-refractivity contribution in [3.8, 4) is 0 Å². The van der Waals surface area contributed by atoms with Crippen molar-refractivity contribution in [3.05, 3.63) is 29.3 Å². The van der Waals surface area contributed by atoms with E-state index in [2.05, 4.69) is 5.32 Å². The van der Waals surface area contributed by atoms with Crippen molar-refractivity contribution >= 4 is 11.6 Å². The number of halogens is 2. The van der Waals surface area contributed by atoms with Gasteiger partial charge in [0.25, 0.3) is 5.91 Å². The number of nitrogens with one attached hydrogen (secondary N) is 1. The molecule has 19 heavy (non-hydrogen) atoms. The number of nitrogens with zero attached hydrogens (tertiary/aromatic N) is 1. The van der Waals surface area contributed by atoms with Crippen LogP contribution in [0.4, 0.5) is 14.5 Å². The molecule has 1 aromatic carbocycles. The van der Waals surface area contributed by atoms with Crippen molar-refractivity contribution in [2.45, 2.75) is 26.0 Å². The number of carbonyl (C=O) groups is 1. The highest BCUT2D eigenvalue weighted by Crippen LogP contribution is 2.27. The minimum Gasteiger partial charge on any atom is -0.389 e. The first kappa shape index (κ1) is 13.7. The van der Waals surface area contributed by atoms with Crippen LogP contribution < -0.4 is 10.2 Å². The molecule has 0 saturated carbocycles. The van der Waals surface area contributed by atoms with E-state index >= 15 is 0 Å². The Labute approximate surface area is 110 Å². The first-order chi connectivity index (χ1) is 8.88. The highest BCUT2D eigenvalue weighted by molar-refractivity contribution is 5.95. The van der Waals surface area contributed by atoms with E-state index in [9.17, 15) is 13.6 Å². The van der Waals surface area contributed by atoms with Gasteiger partial charge in [-0.15, -0.1) is 0 Å².